The monoisotopic (exact) mass is 368 g/mol. The maximum absolute atomic E-state index is 12.9. The third-order valence-corrected chi connectivity index (χ3v) is 5.74. The molecule has 7 heteroatoms. The molecule has 1 amide bonds. The Labute approximate surface area is 157 Å². The minimum atomic E-state index is -0.985. The van der Waals surface area contributed by atoms with Gasteiger partial charge in [0.05, 0.1) is 12.2 Å². The van der Waals surface area contributed by atoms with Gasteiger partial charge in [0.25, 0.3) is 11.5 Å². The van der Waals surface area contributed by atoms with Gasteiger partial charge in [-0.2, -0.15) is 0 Å². The molecular weight excluding hydrogens is 344 g/mol. The third kappa shape index (κ3) is 3.40. The number of likely N-dealkylation sites (tertiary alicyclic amines) is 2. The number of benzene rings is 1. The number of hydrogen-bond acceptors (Lipinski definition) is 5. The van der Waals surface area contributed by atoms with Crippen LogP contribution >= 0.6 is 0 Å². The molecule has 0 spiro atoms. The predicted molar refractivity (Wildman–Crippen MR) is 100 cm³/mol. The van der Waals surface area contributed by atoms with Gasteiger partial charge < -0.3 is 15.0 Å². The summed E-state index contributed by atoms with van der Waals surface area (Å²) in [6.45, 7) is 2.73. The summed E-state index contributed by atoms with van der Waals surface area (Å²) in [6.07, 6.45) is 5.16. The first kappa shape index (κ1) is 17.9. The van der Waals surface area contributed by atoms with Gasteiger partial charge in [-0.25, -0.2) is 4.98 Å². The highest BCUT2D eigenvalue weighted by atomic mass is 16.3. The molecule has 0 bridgehead atoms. The Kier molecular flexibility index (Phi) is 4.80. The second kappa shape index (κ2) is 7.25. The van der Waals surface area contributed by atoms with Crippen LogP contribution in [0.1, 0.15) is 35.3 Å². The van der Waals surface area contributed by atoms with E-state index in [0.717, 1.165) is 37.7 Å². The lowest BCUT2D eigenvalue weighted by molar-refractivity contribution is -0.0878. The molecule has 4 rings (SSSR count). The van der Waals surface area contributed by atoms with E-state index in [0.29, 0.717) is 19.5 Å². The van der Waals surface area contributed by atoms with Crippen LogP contribution < -0.4 is 5.56 Å². The predicted octanol–water partition coefficient (Wildman–Crippen LogP) is 0.968. The highest BCUT2D eigenvalue weighted by Crippen LogP contribution is 2.37. The fourth-order valence-electron chi connectivity index (χ4n) is 4.26. The molecule has 2 fully saturated rings. The Morgan fingerprint density at radius 2 is 1.93 bits per heavy atom. The summed E-state index contributed by atoms with van der Waals surface area (Å²) in [5.74, 6) is -0.217. The molecule has 2 saturated heterocycles. The van der Waals surface area contributed by atoms with Crippen LogP contribution in [0.3, 0.4) is 0 Å². The molecule has 2 aromatic rings. The highest BCUT2D eigenvalue weighted by molar-refractivity contribution is 5.92. The van der Waals surface area contributed by atoms with E-state index in [2.05, 4.69) is 14.9 Å². The molecule has 2 atom stereocenters. The lowest BCUT2D eigenvalue weighted by Crippen LogP contribution is -2.61. The first-order valence-electron chi connectivity index (χ1n) is 9.44. The summed E-state index contributed by atoms with van der Waals surface area (Å²) >= 11 is 0. The van der Waals surface area contributed by atoms with Crippen molar-refractivity contribution in [2.45, 2.75) is 30.9 Å². The molecule has 2 N–H and O–H groups in total. The Bertz CT molecular complexity index is 843. The smallest absolute Gasteiger partial charge is 0.274 e. The first-order valence-corrected chi connectivity index (χ1v) is 9.44. The summed E-state index contributed by atoms with van der Waals surface area (Å²) in [6, 6.07) is 9.58. The number of rotatable bonds is 3. The zero-order valence-electron chi connectivity index (χ0n) is 15.2. The van der Waals surface area contributed by atoms with Crippen LogP contribution in [-0.2, 0) is 5.60 Å². The van der Waals surface area contributed by atoms with E-state index < -0.39 is 5.60 Å². The molecule has 0 radical (unpaired) electrons. The number of amides is 1. The summed E-state index contributed by atoms with van der Waals surface area (Å²) in [5, 5.41) is 11.6. The van der Waals surface area contributed by atoms with Crippen molar-refractivity contribution >= 4 is 5.91 Å². The maximum atomic E-state index is 12.9. The van der Waals surface area contributed by atoms with Crippen molar-refractivity contribution in [1.29, 1.82) is 0 Å². The zero-order chi connectivity index (χ0) is 18.9. The fraction of sp³-hybridized carbons (Fsp3) is 0.450. The lowest BCUT2D eigenvalue weighted by atomic mass is 9.79. The van der Waals surface area contributed by atoms with Crippen LogP contribution in [0.2, 0.25) is 0 Å². The average Bonchev–Trinajstić information content (AvgIpc) is 3.23. The maximum Gasteiger partial charge on any atom is 0.274 e. The topological polar surface area (TPSA) is 89.5 Å². The second-order valence-electron chi connectivity index (χ2n) is 7.35. The lowest BCUT2D eigenvalue weighted by Gasteiger charge is -2.48. The molecule has 2 aliphatic heterocycles. The van der Waals surface area contributed by atoms with Crippen molar-refractivity contribution in [3.05, 3.63) is 64.3 Å². The SMILES string of the molecule is O=C(c1c[nH]c(=O)cn1)N1CC[C@](O)(c2ccccc2)[C@H](N2CCCC2)C1. The summed E-state index contributed by atoms with van der Waals surface area (Å²) < 4.78 is 0. The molecule has 3 heterocycles. The molecule has 0 unspecified atom stereocenters. The average molecular weight is 368 g/mol. The number of carbonyl (C=O) groups is 1. The van der Waals surface area contributed by atoms with Crippen molar-refractivity contribution in [2.75, 3.05) is 26.2 Å². The number of nitrogens with zero attached hydrogens (tertiary/aromatic N) is 3. The van der Waals surface area contributed by atoms with E-state index in [-0.39, 0.29) is 23.2 Å². The Balaban J connectivity index is 1.62. The van der Waals surface area contributed by atoms with Crippen molar-refractivity contribution in [3.8, 4) is 0 Å². The van der Waals surface area contributed by atoms with E-state index in [4.69, 9.17) is 0 Å². The van der Waals surface area contributed by atoms with Crippen LogP contribution in [-0.4, -0.2) is 63.0 Å². The van der Waals surface area contributed by atoms with Gasteiger partial charge in [0, 0.05) is 19.3 Å². The summed E-state index contributed by atoms with van der Waals surface area (Å²) in [5.41, 5.74) is -0.199. The normalized spacial score (nSPS) is 26.3. The van der Waals surface area contributed by atoms with Crippen LogP contribution in [0.15, 0.2) is 47.5 Å². The number of H-pyrrole nitrogens is 1. The molecule has 1 aromatic carbocycles. The quantitative estimate of drug-likeness (QED) is 0.843. The Morgan fingerprint density at radius 3 is 2.59 bits per heavy atom. The number of nitrogens with one attached hydrogen (secondary N) is 1. The van der Waals surface area contributed by atoms with Crippen molar-refractivity contribution < 1.29 is 9.90 Å². The van der Waals surface area contributed by atoms with Crippen LogP contribution in [0.5, 0.6) is 0 Å². The number of hydrogen-bond donors (Lipinski definition) is 2. The van der Waals surface area contributed by atoms with Gasteiger partial charge in [0.15, 0.2) is 0 Å². The van der Waals surface area contributed by atoms with Crippen molar-refractivity contribution in [2.24, 2.45) is 0 Å². The number of aromatic amines is 1. The van der Waals surface area contributed by atoms with E-state index in [1.807, 2.05) is 30.3 Å². The number of piperidine rings is 1. The molecule has 27 heavy (non-hydrogen) atoms. The van der Waals surface area contributed by atoms with Crippen LogP contribution in [0.25, 0.3) is 0 Å². The van der Waals surface area contributed by atoms with Crippen LogP contribution in [0.4, 0.5) is 0 Å². The third-order valence-electron chi connectivity index (χ3n) is 5.74. The summed E-state index contributed by atoms with van der Waals surface area (Å²) in [4.78, 5) is 34.6. The number of carbonyl (C=O) groups excluding carboxylic acids is 1. The van der Waals surface area contributed by atoms with Gasteiger partial charge in [0.2, 0.25) is 0 Å². The first-order chi connectivity index (χ1) is 13.1. The van der Waals surface area contributed by atoms with Gasteiger partial charge in [-0.15, -0.1) is 0 Å². The van der Waals surface area contributed by atoms with E-state index in [1.54, 1.807) is 4.90 Å². The molecule has 7 nitrogen and oxygen atoms in total. The van der Waals surface area contributed by atoms with Gasteiger partial charge in [-0.3, -0.25) is 14.5 Å². The standard InChI is InChI=1S/C20H24N4O3/c25-18-13-21-16(12-22-18)19(26)24-11-8-20(27,15-6-2-1-3-7-15)17(14-24)23-9-4-5-10-23/h1-3,6-7,12-13,17,27H,4-5,8-11,14H2,(H,22,25)/t17-,20+/m1/s1. The summed E-state index contributed by atoms with van der Waals surface area (Å²) in [7, 11) is 0. The molecule has 0 aliphatic carbocycles. The molecule has 1 aromatic heterocycles. The van der Waals surface area contributed by atoms with Gasteiger partial charge >= 0.3 is 0 Å². The Hall–Kier alpha value is -2.51. The molecule has 2 aliphatic rings. The molecule has 142 valence electrons. The fourth-order valence-corrected chi connectivity index (χ4v) is 4.26. The molecule has 0 saturated carbocycles. The Morgan fingerprint density at radius 1 is 1.19 bits per heavy atom. The highest BCUT2D eigenvalue weighted by Gasteiger charge is 2.47. The van der Waals surface area contributed by atoms with E-state index in [9.17, 15) is 14.7 Å². The molecular formula is C20H24N4O3. The number of aliphatic hydroxyl groups is 1. The number of aromatic nitrogens is 2. The van der Waals surface area contributed by atoms with Gasteiger partial charge in [-0.05, 0) is 37.9 Å². The van der Waals surface area contributed by atoms with Crippen LogP contribution in [0, 0.1) is 0 Å². The zero-order valence-corrected chi connectivity index (χ0v) is 15.2. The van der Waals surface area contributed by atoms with Gasteiger partial charge in [0.1, 0.15) is 11.3 Å². The van der Waals surface area contributed by atoms with Crippen molar-refractivity contribution in [1.82, 2.24) is 19.8 Å². The minimum absolute atomic E-state index is 0.164. The van der Waals surface area contributed by atoms with E-state index >= 15 is 0 Å². The minimum Gasteiger partial charge on any atom is -0.383 e. The largest absolute Gasteiger partial charge is 0.383 e. The van der Waals surface area contributed by atoms with Gasteiger partial charge in [-0.1, -0.05) is 30.3 Å². The van der Waals surface area contributed by atoms with E-state index in [1.165, 1.54) is 6.20 Å². The van der Waals surface area contributed by atoms with Crippen molar-refractivity contribution in [3.63, 3.8) is 0 Å². The second-order valence-corrected chi connectivity index (χ2v) is 7.35.